The minimum absolute atomic E-state index is 0.0347. The minimum Gasteiger partial charge on any atom is -0.465 e. The fraction of sp³-hybridized carbons (Fsp3) is 0.333. The second-order valence-electron chi connectivity index (χ2n) is 5.24. The molecule has 0 saturated carbocycles. The fourth-order valence-corrected chi connectivity index (χ4v) is 2.59. The molecule has 0 radical (unpaired) electrons. The first-order valence-electron chi connectivity index (χ1n) is 8.59. The van der Waals surface area contributed by atoms with Gasteiger partial charge in [0, 0.05) is 16.5 Å². The molecule has 0 aromatic heterocycles. The van der Waals surface area contributed by atoms with E-state index < -0.39 is 0 Å². The Bertz CT molecular complexity index is 583. The first-order chi connectivity index (χ1) is 12.2. The van der Waals surface area contributed by atoms with Gasteiger partial charge in [0.1, 0.15) is 6.54 Å². The number of carbonyl (C=O) groups excluding carboxylic acids is 1. The maximum absolute atomic E-state index is 11.5. The number of nitrogens with zero attached hydrogens (tertiary/aromatic N) is 1. The molecular weight excluding hydrogens is 378 g/mol. The van der Waals surface area contributed by atoms with Crippen molar-refractivity contribution in [2.45, 2.75) is 26.7 Å². The molecule has 0 saturated heterocycles. The SMILES string of the molecule is CCCCBr.CCOC(=O)CN=C(c1ccccc1)c1ccccc1. The number of alkyl halides is 1. The molecule has 0 unspecified atom stereocenters. The second kappa shape index (κ2) is 13.4. The van der Waals surface area contributed by atoms with E-state index in [1.807, 2.05) is 60.7 Å². The van der Waals surface area contributed by atoms with E-state index in [9.17, 15) is 4.79 Å². The van der Waals surface area contributed by atoms with Crippen LogP contribution >= 0.6 is 15.9 Å². The molecule has 0 spiro atoms. The summed E-state index contributed by atoms with van der Waals surface area (Å²) in [4.78, 5) is 15.9. The molecule has 0 aliphatic carbocycles. The fourth-order valence-electron chi connectivity index (χ4n) is 2.03. The third-order valence-corrected chi connectivity index (χ3v) is 3.81. The lowest BCUT2D eigenvalue weighted by Gasteiger charge is -2.07. The van der Waals surface area contributed by atoms with Gasteiger partial charge >= 0.3 is 5.97 Å². The van der Waals surface area contributed by atoms with Gasteiger partial charge in [-0.25, -0.2) is 0 Å². The topological polar surface area (TPSA) is 38.7 Å². The van der Waals surface area contributed by atoms with Crippen LogP contribution in [0.2, 0.25) is 0 Å². The zero-order valence-corrected chi connectivity index (χ0v) is 16.5. The van der Waals surface area contributed by atoms with Crippen molar-refractivity contribution in [1.29, 1.82) is 0 Å². The summed E-state index contributed by atoms with van der Waals surface area (Å²) in [5.74, 6) is -0.308. The Kier molecular flexibility index (Phi) is 11.3. The van der Waals surface area contributed by atoms with Crippen LogP contribution in [0, 0.1) is 0 Å². The number of carbonyl (C=O) groups is 1. The minimum atomic E-state index is -0.308. The number of benzene rings is 2. The molecule has 0 atom stereocenters. The predicted molar refractivity (Wildman–Crippen MR) is 109 cm³/mol. The van der Waals surface area contributed by atoms with E-state index in [0.29, 0.717) is 6.61 Å². The van der Waals surface area contributed by atoms with Crippen molar-refractivity contribution in [3.63, 3.8) is 0 Å². The Hall–Kier alpha value is -1.94. The van der Waals surface area contributed by atoms with Crippen LogP contribution in [0.1, 0.15) is 37.8 Å². The first kappa shape index (κ1) is 21.1. The van der Waals surface area contributed by atoms with Crippen LogP contribution in [-0.2, 0) is 9.53 Å². The van der Waals surface area contributed by atoms with Crippen LogP contribution in [0.3, 0.4) is 0 Å². The van der Waals surface area contributed by atoms with Gasteiger partial charge in [-0.1, -0.05) is 89.9 Å². The van der Waals surface area contributed by atoms with Crippen LogP contribution in [0.4, 0.5) is 0 Å². The smallest absolute Gasteiger partial charge is 0.327 e. The monoisotopic (exact) mass is 403 g/mol. The third-order valence-electron chi connectivity index (χ3n) is 3.25. The number of unbranched alkanes of at least 4 members (excludes halogenated alkanes) is 1. The Morgan fingerprint density at radius 3 is 1.84 bits per heavy atom. The van der Waals surface area contributed by atoms with Gasteiger partial charge in [0.25, 0.3) is 0 Å². The average molecular weight is 404 g/mol. The molecule has 0 N–H and O–H groups in total. The molecule has 3 nitrogen and oxygen atoms in total. The molecule has 2 rings (SSSR count). The number of rotatable bonds is 7. The number of hydrogen-bond acceptors (Lipinski definition) is 3. The molecule has 0 aliphatic heterocycles. The standard InChI is InChI=1S/C17H17NO2.C4H9Br/c1-2-20-16(19)13-18-17(14-9-5-3-6-10-14)15-11-7-4-8-12-15;1-2-3-4-5/h3-12H,2,13H2,1H3;2-4H2,1H3. The van der Waals surface area contributed by atoms with Crippen LogP contribution in [-0.4, -0.2) is 30.2 Å². The van der Waals surface area contributed by atoms with E-state index in [2.05, 4.69) is 27.8 Å². The van der Waals surface area contributed by atoms with Gasteiger partial charge in [-0.15, -0.1) is 0 Å². The van der Waals surface area contributed by atoms with Gasteiger partial charge in [-0.05, 0) is 13.3 Å². The van der Waals surface area contributed by atoms with Crippen LogP contribution < -0.4 is 0 Å². The lowest BCUT2D eigenvalue weighted by Crippen LogP contribution is -2.11. The van der Waals surface area contributed by atoms with E-state index in [4.69, 9.17) is 4.74 Å². The lowest BCUT2D eigenvalue weighted by molar-refractivity contribution is -0.141. The normalized spacial score (nSPS) is 9.56. The van der Waals surface area contributed by atoms with Crippen molar-refractivity contribution < 1.29 is 9.53 Å². The van der Waals surface area contributed by atoms with E-state index in [0.717, 1.165) is 22.2 Å². The number of ether oxygens (including phenoxy) is 1. The Morgan fingerprint density at radius 2 is 1.48 bits per heavy atom. The zero-order chi connectivity index (χ0) is 18.3. The van der Waals surface area contributed by atoms with Crippen LogP contribution in [0.15, 0.2) is 65.7 Å². The summed E-state index contributed by atoms with van der Waals surface area (Å²) in [7, 11) is 0. The van der Waals surface area contributed by atoms with Crippen molar-refractivity contribution in [1.82, 2.24) is 0 Å². The molecule has 0 bridgehead atoms. The highest BCUT2D eigenvalue weighted by Gasteiger charge is 2.07. The number of halogens is 1. The summed E-state index contributed by atoms with van der Waals surface area (Å²) >= 11 is 3.31. The number of esters is 1. The van der Waals surface area contributed by atoms with Gasteiger partial charge in [0.2, 0.25) is 0 Å². The highest BCUT2D eigenvalue weighted by Crippen LogP contribution is 2.11. The summed E-state index contributed by atoms with van der Waals surface area (Å²) in [6.45, 7) is 4.38. The first-order valence-corrected chi connectivity index (χ1v) is 9.71. The van der Waals surface area contributed by atoms with Crippen molar-refractivity contribution in [3.8, 4) is 0 Å². The summed E-state index contributed by atoms with van der Waals surface area (Å²) in [6, 6.07) is 19.7. The average Bonchev–Trinajstić information content (AvgIpc) is 2.65. The molecule has 134 valence electrons. The van der Waals surface area contributed by atoms with E-state index in [1.54, 1.807) is 6.92 Å². The highest BCUT2D eigenvalue weighted by molar-refractivity contribution is 9.09. The molecule has 0 fully saturated rings. The summed E-state index contributed by atoms with van der Waals surface area (Å²) in [5.41, 5.74) is 2.78. The molecule has 4 heteroatoms. The summed E-state index contributed by atoms with van der Waals surface area (Å²) in [6.07, 6.45) is 2.60. The van der Waals surface area contributed by atoms with Gasteiger partial charge in [-0.2, -0.15) is 0 Å². The number of hydrogen-bond donors (Lipinski definition) is 0. The van der Waals surface area contributed by atoms with Crippen molar-refractivity contribution >= 4 is 27.6 Å². The summed E-state index contributed by atoms with van der Waals surface area (Å²) in [5, 5.41) is 1.16. The molecule has 0 amide bonds. The van der Waals surface area contributed by atoms with Crippen LogP contribution in [0.25, 0.3) is 0 Å². The Morgan fingerprint density at radius 1 is 0.960 bits per heavy atom. The van der Waals surface area contributed by atoms with Gasteiger partial charge in [-0.3, -0.25) is 9.79 Å². The molecular formula is C21H26BrNO2. The Labute approximate surface area is 159 Å². The van der Waals surface area contributed by atoms with Crippen molar-refractivity contribution in [3.05, 3.63) is 71.8 Å². The summed E-state index contributed by atoms with van der Waals surface area (Å²) < 4.78 is 4.92. The van der Waals surface area contributed by atoms with E-state index in [1.165, 1.54) is 12.8 Å². The Balaban J connectivity index is 0.000000550. The molecule has 2 aromatic rings. The lowest BCUT2D eigenvalue weighted by atomic mass is 10.0. The third kappa shape index (κ3) is 8.64. The molecule has 0 heterocycles. The zero-order valence-electron chi connectivity index (χ0n) is 15.0. The van der Waals surface area contributed by atoms with Gasteiger partial charge < -0.3 is 4.74 Å². The maximum atomic E-state index is 11.5. The van der Waals surface area contributed by atoms with Crippen molar-refractivity contribution in [2.75, 3.05) is 18.5 Å². The maximum Gasteiger partial charge on any atom is 0.327 e. The van der Waals surface area contributed by atoms with Crippen molar-refractivity contribution in [2.24, 2.45) is 4.99 Å². The highest BCUT2D eigenvalue weighted by atomic mass is 79.9. The molecule has 0 aliphatic rings. The predicted octanol–water partition coefficient (Wildman–Crippen LogP) is 5.27. The van der Waals surface area contributed by atoms with Crippen LogP contribution in [0.5, 0.6) is 0 Å². The largest absolute Gasteiger partial charge is 0.465 e. The quantitative estimate of drug-likeness (QED) is 0.358. The van der Waals surface area contributed by atoms with E-state index >= 15 is 0 Å². The van der Waals surface area contributed by atoms with Gasteiger partial charge in [0.15, 0.2) is 0 Å². The second-order valence-corrected chi connectivity index (χ2v) is 6.04. The molecule has 25 heavy (non-hydrogen) atoms. The van der Waals surface area contributed by atoms with Gasteiger partial charge in [0.05, 0.1) is 12.3 Å². The van der Waals surface area contributed by atoms with E-state index in [-0.39, 0.29) is 12.5 Å². The molecule has 2 aromatic carbocycles. The number of aliphatic imine (C=N–C) groups is 1.